The predicted octanol–water partition coefficient (Wildman–Crippen LogP) is 5.11. The van der Waals surface area contributed by atoms with Crippen LogP contribution in [0.2, 0.25) is 0 Å². The van der Waals surface area contributed by atoms with E-state index < -0.39 is 16.0 Å². The molecule has 0 bridgehead atoms. The number of rotatable bonds is 11. The number of aryl methyl sites for hydroxylation is 1. The Kier molecular flexibility index (Phi) is 9.25. The molecule has 37 heavy (non-hydrogen) atoms. The second kappa shape index (κ2) is 12.6. The molecule has 0 radical (unpaired) electrons. The molecule has 0 atom stereocenters. The van der Waals surface area contributed by atoms with Crippen molar-refractivity contribution in [1.29, 1.82) is 5.26 Å². The topological polar surface area (TPSA) is 105 Å². The number of benzene rings is 3. The van der Waals surface area contributed by atoms with Gasteiger partial charge in [0.25, 0.3) is 5.91 Å². The molecule has 0 aliphatic rings. The molecule has 1 N–H and O–H groups in total. The standard InChI is InChI=1S/C29H28N2O5S/c1-4-9-24-16-23(17-25(19-30)29(32)31-20-22-10-7-6-8-11-22)18-27(35-5-2)28(24)36-37(33,34)26-14-12-21(3)13-15-26/h4,6-8,10-18H,1,5,9,20H2,2-3H3,(H,31,32)/b25-17+. The van der Waals surface area contributed by atoms with E-state index in [1.54, 1.807) is 31.2 Å². The average Bonchev–Trinajstić information content (AvgIpc) is 2.89. The molecule has 0 heterocycles. The first kappa shape index (κ1) is 27.2. The maximum atomic E-state index is 13.0. The average molecular weight is 517 g/mol. The second-order valence-corrected chi connectivity index (χ2v) is 9.67. The Morgan fingerprint density at radius 1 is 1.11 bits per heavy atom. The Bertz CT molecular complexity index is 1440. The van der Waals surface area contributed by atoms with Gasteiger partial charge >= 0.3 is 10.1 Å². The Morgan fingerprint density at radius 3 is 2.43 bits per heavy atom. The van der Waals surface area contributed by atoms with Crippen molar-refractivity contribution in [3.8, 4) is 17.6 Å². The molecule has 0 spiro atoms. The van der Waals surface area contributed by atoms with Crippen molar-refractivity contribution in [2.75, 3.05) is 6.61 Å². The zero-order chi connectivity index (χ0) is 26.8. The normalized spacial score (nSPS) is 11.3. The van der Waals surface area contributed by atoms with E-state index in [9.17, 15) is 18.5 Å². The second-order valence-electron chi connectivity index (χ2n) is 8.12. The molecular formula is C29H28N2O5S. The highest BCUT2D eigenvalue weighted by molar-refractivity contribution is 7.87. The number of hydrogen-bond acceptors (Lipinski definition) is 6. The van der Waals surface area contributed by atoms with Gasteiger partial charge in [0, 0.05) is 12.1 Å². The molecule has 1 amide bonds. The largest absolute Gasteiger partial charge is 0.490 e. The fourth-order valence-electron chi connectivity index (χ4n) is 3.48. The van der Waals surface area contributed by atoms with Crippen molar-refractivity contribution in [2.45, 2.75) is 31.7 Å². The molecule has 0 aliphatic carbocycles. The quantitative estimate of drug-likeness (QED) is 0.164. The molecule has 8 heteroatoms. The van der Waals surface area contributed by atoms with Gasteiger partial charge in [-0.05, 0) is 61.7 Å². The van der Waals surface area contributed by atoms with E-state index in [1.807, 2.05) is 43.3 Å². The van der Waals surface area contributed by atoms with Gasteiger partial charge in [0.05, 0.1) is 6.61 Å². The summed E-state index contributed by atoms with van der Waals surface area (Å²) < 4.78 is 37.3. The first-order chi connectivity index (χ1) is 17.8. The minimum atomic E-state index is -4.15. The highest BCUT2D eigenvalue weighted by Crippen LogP contribution is 2.36. The molecular weight excluding hydrogens is 488 g/mol. The minimum absolute atomic E-state index is 0.0101. The number of allylic oxidation sites excluding steroid dienone is 1. The lowest BCUT2D eigenvalue weighted by atomic mass is 10.0. The van der Waals surface area contributed by atoms with Gasteiger partial charge in [-0.2, -0.15) is 13.7 Å². The lowest BCUT2D eigenvalue weighted by molar-refractivity contribution is -0.117. The SMILES string of the molecule is C=CCc1cc(/C=C(\C#N)C(=O)NCc2ccccc2)cc(OCC)c1OS(=O)(=O)c1ccc(C)cc1. The van der Waals surface area contributed by atoms with Crippen LogP contribution < -0.4 is 14.2 Å². The van der Waals surface area contributed by atoms with Crippen LogP contribution in [0.15, 0.2) is 89.9 Å². The van der Waals surface area contributed by atoms with Gasteiger partial charge < -0.3 is 14.2 Å². The summed E-state index contributed by atoms with van der Waals surface area (Å²) in [5, 5.41) is 12.4. The van der Waals surface area contributed by atoms with Crippen LogP contribution in [0.25, 0.3) is 6.08 Å². The highest BCUT2D eigenvalue weighted by Gasteiger charge is 2.23. The summed E-state index contributed by atoms with van der Waals surface area (Å²) in [6, 6.07) is 20.8. The number of nitriles is 1. The van der Waals surface area contributed by atoms with Crippen molar-refractivity contribution < 1.29 is 22.1 Å². The smallest absolute Gasteiger partial charge is 0.339 e. The van der Waals surface area contributed by atoms with E-state index >= 15 is 0 Å². The zero-order valence-corrected chi connectivity index (χ0v) is 21.5. The van der Waals surface area contributed by atoms with Crippen LogP contribution in [0.4, 0.5) is 0 Å². The summed E-state index contributed by atoms with van der Waals surface area (Å²) >= 11 is 0. The summed E-state index contributed by atoms with van der Waals surface area (Å²) in [7, 11) is -4.15. The first-order valence-electron chi connectivity index (χ1n) is 11.6. The summed E-state index contributed by atoms with van der Waals surface area (Å²) in [5.41, 5.74) is 2.66. The number of ether oxygens (including phenoxy) is 1. The van der Waals surface area contributed by atoms with E-state index in [-0.39, 0.29) is 41.5 Å². The fourth-order valence-corrected chi connectivity index (χ4v) is 4.46. The number of carbonyl (C=O) groups is 1. The molecule has 190 valence electrons. The van der Waals surface area contributed by atoms with Crippen molar-refractivity contribution in [1.82, 2.24) is 5.32 Å². The molecule has 0 fully saturated rings. The molecule has 3 rings (SSSR count). The fraction of sp³-hybridized carbons (Fsp3) is 0.172. The number of amides is 1. The molecule has 0 aromatic heterocycles. The minimum Gasteiger partial charge on any atom is -0.490 e. The molecule has 3 aromatic carbocycles. The predicted molar refractivity (Wildman–Crippen MR) is 142 cm³/mol. The summed E-state index contributed by atoms with van der Waals surface area (Å²) in [6.07, 6.45) is 3.29. The van der Waals surface area contributed by atoms with Crippen molar-refractivity contribution in [3.63, 3.8) is 0 Å². The summed E-state index contributed by atoms with van der Waals surface area (Å²) in [4.78, 5) is 12.7. The summed E-state index contributed by atoms with van der Waals surface area (Å²) in [5.74, 6) is -0.325. The zero-order valence-electron chi connectivity index (χ0n) is 20.7. The first-order valence-corrected chi connectivity index (χ1v) is 13.0. The number of hydrogen-bond donors (Lipinski definition) is 1. The van der Waals surface area contributed by atoms with E-state index in [0.29, 0.717) is 11.1 Å². The van der Waals surface area contributed by atoms with Crippen LogP contribution in [0, 0.1) is 18.3 Å². The van der Waals surface area contributed by atoms with Crippen LogP contribution >= 0.6 is 0 Å². The Hall–Kier alpha value is -4.35. The number of nitrogens with zero attached hydrogens (tertiary/aromatic N) is 1. The molecule has 0 saturated heterocycles. The number of carbonyl (C=O) groups excluding carboxylic acids is 1. The van der Waals surface area contributed by atoms with Gasteiger partial charge in [-0.3, -0.25) is 4.79 Å². The van der Waals surface area contributed by atoms with Crippen molar-refractivity contribution in [3.05, 3.63) is 107 Å². The van der Waals surface area contributed by atoms with Crippen LogP contribution in [0.5, 0.6) is 11.5 Å². The monoisotopic (exact) mass is 516 g/mol. The van der Waals surface area contributed by atoms with Crippen LogP contribution in [0.3, 0.4) is 0 Å². The lowest BCUT2D eigenvalue weighted by Crippen LogP contribution is -2.23. The van der Waals surface area contributed by atoms with Crippen molar-refractivity contribution in [2.24, 2.45) is 0 Å². The summed E-state index contributed by atoms with van der Waals surface area (Å²) in [6.45, 7) is 7.87. The van der Waals surface area contributed by atoms with Gasteiger partial charge in [0.2, 0.25) is 0 Å². The third-order valence-electron chi connectivity index (χ3n) is 5.29. The Labute approximate surface area is 217 Å². The maximum absolute atomic E-state index is 13.0. The van der Waals surface area contributed by atoms with Crippen LogP contribution in [-0.2, 0) is 27.9 Å². The lowest BCUT2D eigenvalue weighted by Gasteiger charge is -2.16. The maximum Gasteiger partial charge on any atom is 0.339 e. The molecule has 0 unspecified atom stereocenters. The van der Waals surface area contributed by atoms with Crippen LogP contribution in [0.1, 0.15) is 29.2 Å². The van der Waals surface area contributed by atoms with Gasteiger partial charge in [-0.25, -0.2) is 0 Å². The molecule has 0 aliphatic heterocycles. The van der Waals surface area contributed by atoms with Crippen molar-refractivity contribution >= 4 is 22.1 Å². The van der Waals surface area contributed by atoms with E-state index in [4.69, 9.17) is 8.92 Å². The Morgan fingerprint density at radius 2 is 1.81 bits per heavy atom. The molecule has 3 aromatic rings. The van der Waals surface area contributed by atoms with E-state index in [1.165, 1.54) is 24.3 Å². The van der Waals surface area contributed by atoms with E-state index in [2.05, 4.69) is 11.9 Å². The molecule has 7 nitrogen and oxygen atoms in total. The van der Waals surface area contributed by atoms with Gasteiger partial charge in [0.1, 0.15) is 16.5 Å². The third kappa shape index (κ3) is 7.32. The third-order valence-corrected chi connectivity index (χ3v) is 6.53. The van der Waals surface area contributed by atoms with Gasteiger partial charge in [-0.1, -0.05) is 54.1 Å². The van der Waals surface area contributed by atoms with Crippen LogP contribution in [-0.4, -0.2) is 20.9 Å². The van der Waals surface area contributed by atoms with Gasteiger partial charge in [-0.15, -0.1) is 6.58 Å². The Balaban J connectivity index is 1.97. The molecule has 0 saturated carbocycles. The highest BCUT2D eigenvalue weighted by atomic mass is 32.2. The number of nitrogens with one attached hydrogen (secondary N) is 1. The van der Waals surface area contributed by atoms with Gasteiger partial charge in [0.15, 0.2) is 11.5 Å². The van der Waals surface area contributed by atoms with E-state index in [0.717, 1.165) is 11.1 Å².